The van der Waals surface area contributed by atoms with E-state index in [4.69, 9.17) is 4.74 Å². The molecule has 0 saturated carbocycles. The Morgan fingerprint density at radius 1 is 1.19 bits per heavy atom. The highest BCUT2D eigenvalue weighted by Crippen LogP contribution is 2.38. The van der Waals surface area contributed by atoms with E-state index in [1.807, 2.05) is 0 Å². The van der Waals surface area contributed by atoms with Gasteiger partial charge in [-0.05, 0) is 50.1 Å². The largest absolute Gasteiger partial charge is 0.465 e. The van der Waals surface area contributed by atoms with Gasteiger partial charge in [0.2, 0.25) is 10.0 Å². The quantitative estimate of drug-likeness (QED) is 0.659. The van der Waals surface area contributed by atoms with E-state index in [2.05, 4.69) is 24.1 Å². The number of carbonyl (C=O) groups is 2. The third kappa shape index (κ3) is 4.67. The van der Waals surface area contributed by atoms with Crippen molar-refractivity contribution >= 4 is 38.2 Å². The molecule has 0 fully saturated rings. The molecule has 168 valence electrons. The summed E-state index contributed by atoms with van der Waals surface area (Å²) in [5, 5.41) is 3.28. The average Bonchev–Trinajstić information content (AvgIpc) is 3.09. The monoisotopic (exact) mass is 465 g/mol. The number of esters is 1. The van der Waals surface area contributed by atoms with Crippen molar-refractivity contribution in [2.24, 2.45) is 0 Å². The lowest BCUT2D eigenvalue weighted by molar-refractivity contribution is 0.0600. The number of nitrogens with one attached hydrogen (secondary N) is 1. The molecule has 0 saturated heterocycles. The normalized spacial score (nSPS) is 14.5. The number of rotatable bonds is 6. The van der Waals surface area contributed by atoms with Crippen LogP contribution in [0.4, 0.5) is 5.00 Å². The number of ether oxygens (including phenoxy) is 1. The Kier molecular flexibility index (Phi) is 6.85. The lowest BCUT2D eigenvalue weighted by Crippen LogP contribution is -2.35. The van der Waals surface area contributed by atoms with Crippen LogP contribution in [0.2, 0.25) is 0 Å². The Hall–Kier alpha value is -2.27. The number of nitrogens with zero attached hydrogens (tertiary/aromatic N) is 2. The predicted octanol–water partition coefficient (Wildman–Crippen LogP) is 2.80. The molecule has 2 heterocycles. The third-order valence-corrected chi connectivity index (χ3v) is 8.29. The molecule has 0 radical (unpaired) electrons. The van der Waals surface area contributed by atoms with Crippen LogP contribution in [0.3, 0.4) is 0 Å². The molecule has 8 nitrogen and oxygen atoms in total. The highest BCUT2D eigenvalue weighted by Gasteiger charge is 2.30. The van der Waals surface area contributed by atoms with Crippen molar-refractivity contribution in [2.75, 3.05) is 33.1 Å². The minimum atomic E-state index is -3.58. The maximum absolute atomic E-state index is 12.8. The predicted molar refractivity (Wildman–Crippen MR) is 120 cm³/mol. The highest BCUT2D eigenvalue weighted by atomic mass is 32.2. The first-order chi connectivity index (χ1) is 14.6. The Morgan fingerprint density at radius 3 is 2.39 bits per heavy atom. The SMILES string of the molecule is COC(=O)c1c(NC(=O)c2ccc(S(=O)(=O)N(C)C)cc2)sc2c1CCN(C(C)C)C2. The fraction of sp³-hybridized carbons (Fsp3) is 0.429. The summed E-state index contributed by atoms with van der Waals surface area (Å²) in [6, 6.07) is 6.08. The summed E-state index contributed by atoms with van der Waals surface area (Å²) >= 11 is 1.38. The Bertz CT molecular complexity index is 1090. The minimum absolute atomic E-state index is 0.102. The molecule has 0 unspecified atom stereocenters. The number of hydrogen-bond donors (Lipinski definition) is 1. The van der Waals surface area contributed by atoms with Gasteiger partial charge in [-0.3, -0.25) is 9.69 Å². The summed E-state index contributed by atoms with van der Waals surface area (Å²) in [5.41, 5.74) is 1.63. The molecular formula is C21H27N3O5S2. The number of amides is 1. The summed E-state index contributed by atoms with van der Waals surface area (Å²) < 4.78 is 30.5. The van der Waals surface area contributed by atoms with Crippen molar-refractivity contribution in [1.29, 1.82) is 0 Å². The Balaban J connectivity index is 1.88. The summed E-state index contributed by atoms with van der Waals surface area (Å²) in [6.45, 7) is 5.81. The van der Waals surface area contributed by atoms with E-state index in [0.29, 0.717) is 35.1 Å². The molecule has 1 aliphatic heterocycles. The number of anilines is 1. The number of fused-ring (bicyclic) bond motifs is 1. The lowest BCUT2D eigenvalue weighted by atomic mass is 10.0. The molecule has 0 bridgehead atoms. The van der Waals surface area contributed by atoms with E-state index in [9.17, 15) is 18.0 Å². The van der Waals surface area contributed by atoms with Crippen molar-refractivity contribution in [1.82, 2.24) is 9.21 Å². The smallest absolute Gasteiger partial charge is 0.341 e. The first kappa shape index (κ1) is 23.4. The average molecular weight is 466 g/mol. The van der Waals surface area contributed by atoms with Crippen LogP contribution in [-0.2, 0) is 27.7 Å². The molecule has 31 heavy (non-hydrogen) atoms. The molecular weight excluding hydrogens is 438 g/mol. The molecule has 3 rings (SSSR count). The van der Waals surface area contributed by atoms with Gasteiger partial charge in [-0.1, -0.05) is 0 Å². The van der Waals surface area contributed by atoms with Gasteiger partial charge in [-0.2, -0.15) is 0 Å². The van der Waals surface area contributed by atoms with Crippen LogP contribution in [0.1, 0.15) is 45.0 Å². The zero-order chi connectivity index (χ0) is 22.9. The van der Waals surface area contributed by atoms with Gasteiger partial charge in [0.25, 0.3) is 5.91 Å². The van der Waals surface area contributed by atoms with Crippen molar-refractivity contribution < 1.29 is 22.7 Å². The van der Waals surface area contributed by atoms with Crippen LogP contribution in [0.25, 0.3) is 0 Å². The van der Waals surface area contributed by atoms with Crippen molar-refractivity contribution in [3.63, 3.8) is 0 Å². The standard InChI is InChI=1S/C21H27N3O5S2/c1-13(2)24-11-10-16-17(12-24)30-20(18(16)21(26)29-5)22-19(25)14-6-8-15(9-7-14)31(27,28)23(3)4/h6-9,13H,10-12H2,1-5H3,(H,22,25). The van der Waals surface area contributed by atoms with E-state index < -0.39 is 21.9 Å². The van der Waals surface area contributed by atoms with Gasteiger partial charge in [0, 0.05) is 43.7 Å². The minimum Gasteiger partial charge on any atom is -0.465 e. The molecule has 2 aromatic rings. The van der Waals surface area contributed by atoms with Gasteiger partial charge in [0.1, 0.15) is 5.00 Å². The topological polar surface area (TPSA) is 96.0 Å². The van der Waals surface area contributed by atoms with Gasteiger partial charge in [-0.15, -0.1) is 11.3 Å². The second-order valence-corrected chi connectivity index (χ2v) is 11.0. The number of hydrogen-bond acceptors (Lipinski definition) is 7. The molecule has 1 aromatic heterocycles. The molecule has 0 spiro atoms. The van der Waals surface area contributed by atoms with Crippen LogP contribution < -0.4 is 5.32 Å². The molecule has 0 atom stereocenters. The number of methoxy groups -OCH3 is 1. The van der Waals surface area contributed by atoms with E-state index in [-0.39, 0.29) is 4.90 Å². The van der Waals surface area contributed by atoms with Crippen LogP contribution in [-0.4, -0.2) is 63.3 Å². The Morgan fingerprint density at radius 2 is 1.84 bits per heavy atom. The summed E-state index contributed by atoms with van der Waals surface area (Å²) in [4.78, 5) is 28.8. The molecule has 1 aromatic carbocycles. The molecule has 10 heteroatoms. The third-order valence-electron chi connectivity index (χ3n) is 5.33. The molecule has 1 N–H and O–H groups in total. The second-order valence-electron chi connectivity index (χ2n) is 7.78. The van der Waals surface area contributed by atoms with E-state index in [1.165, 1.54) is 56.8 Å². The number of thiophene rings is 1. The molecule has 1 aliphatic rings. The first-order valence-electron chi connectivity index (χ1n) is 9.87. The van der Waals surface area contributed by atoms with Crippen LogP contribution in [0.5, 0.6) is 0 Å². The summed E-state index contributed by atoms with van der Waals surface area (Å²) in [5.74, 6) is -0.892. The van der Waals surface area contributed by atoms with Crippen molar-refractivity contribution in [3.05, 3.63) is 45.8 Å². The zero-order valence-corrected chi connectivity index (χ0v) is 19.9. The van der Waals surface area contributed by atoms with Gasteiger partial charge in [-0.25, -0.2) is 17.5 Å². The lowest BCUT2D eigenvalue weighted by Gasteiger charge is -2.30. The highest BCUT2D eigenvalue weighted by molar-refractivity contribution is 7.89. The summed E-state index contributed by atoms with van der Waals surface area (Å²) in [7, 11) is 0.644. The Labute approximate surface area is 186 Å². The maximum atomic E-state index is 12.8. The van der Waals surface area contributed by atoms with E-state index in [0.717, 1.165) is 21.3 Å². The number of sulfonamides is 1. The second kappa shape index (κ2) is 9.07. The van der Waals surface area contributed by atoms with Crippen LogP contribution in [0, 0.1) is 0 Å². The maximum Gasteiger partial charge on any atom is 0.341 e. The fourth-order valence-electron chi connectivity index (χ4n) is 3.43. The fourth-order valence-corrected chi connectivity index (χ4v) is 5.59. The molecule has 0 aliphatic carbocycles. The van der Waals surface area contributed by atoms with Gasteiger partial charge in [0.15, 0.2) is 0 Å². The van der Waals surface area contributed by atoms with Crippen molar-refractivity contribution in [2.45, 2.75) is 37.8 Å². The number of benzene rings is 1. The van der Waals surface area contributed by atoms with Crippen LogP contribution in [0.15, 0.2) is 29.2 Å². The van der Waals surface area contributed by atoms with Crippen molar-refractivity contribution in [3.8, 4) is 0 Å². The van der Waals surface area contributed by atoms with Crippen LogP contribution >= 0.6 is 11.3 Å². The number of carbonyl (C=O) groups excluding carboxylic acids is 2. The van der Waals surface area contributed by atoms with E-state index >= 15 is 0 Å². The molecule has 1 amide bonds. The van der Waals surface area contributed by atoms with Gasteiger partial charge < -0.3 is 10.1 Å². The zero-order valence-electron chi connectivity index (χ0n) is 18.3. The van der Waals surface area contributed by atoms with Gasteiger partial charge in [0.05, 0.1) is 17.6 Å². The van der Waals surface area contributed by atoms with E-state index in [1.54, 1.807) is 0 Å². The summed E-state index contributed by atoms with van der Waals surface area (Å²) in [6.07, 6.45) is 0.710. The van der Waals surface area contributed by atoms with Gasteiger partial charge >= 0.3 is 5.97 Å². The first-order valence-corrected chi connectivity index (χ1v) is 12.1.